The number of aromatic nitrogens is 2. The molecule has 0 spiro atoms. The van der Waals surface area contributed by atoms with Gasteiger partial charge in [-0.25, -0.2) is 9.48 Å². The van der Waals surface area contributed by atoms with E-state index in [2.05, 4.69) is 15.9 Å². The zero-order valence-electron chi connectivity index (χ0n) is 10.5. The van der Waals surface area contributed by atoms with Crippen molar-refractivity contribution in [1.82, 2.24) is 9.78 Å². The molecule has 0 saturated carbocycles. The Hall–Kier alpha value is -2.81. The maximum Gasteiger partial charge on any atom is 0.360 e. The Balaban J connectivity index is 2.58. The molecule has 1 aromatic heterocycles. The maximum absolute atomic E-state index is 11.5. The van der Waals surface area contributed by atoms with Crippen LogP contribution in [0.15, 0.2) is 24.4 Å². The first-order chi connectivity index (χ1) is 9.06. The summed E-state index contributed by atoms with van der Waals surface area (Å²) < 4.78 is 6.00. The molecule has 96 valence electrons. The lowest BCUT2D eigenvalue weighted by Crippen LogP contribution is -2.06. The molecule has 0 aliphatic carbocycles. The molecule has 0 unspecified atom stereocenters. The van der Waals surface area contributed by atoms with Gasteiger partial charge < -0.3 is 10.5 Å². The van der Waals surface area contributed by atoms with Gasteiger partial charge in [0.1, 0.15) is 6.07 Å². The largest absolute Gasteiger partial charge is 0.464 e. The number of anilines is 1. The number of carbonyl (C=O) groups is 1. The van der Waals surface area contributed by atoms with Crippen molar-refractivity contribution >= 4 is 11.7 Å². The molecule has 2 aromatic rings. The van der Waals surface area contributed by atoms with Gasteiger partial charge in [0, 0.05) is 0 Å². The molecular formula is C13H12N4O2. The lowest BCUT2D eigenvalue weighted by atomic mass is 10.1. The van der Waals surface area contributed by atoms with E-state index in [0.717, 1.165) is 5.56 Å². The Bertz CT molecular complexity index is 682. The molecular weight excluding hydrogens is 244 g/mol. The highest BCUT2D eigenvalue weighted by molar-refractivity contribution is 5.92. The maximum atomic E-state index is 11.5. The third kappa shape index (κ3) is 2.26. The van der Waals surface area contributed by atoms with Crippen molar-refractivity contribution < 1.29 is 9.53 Å². The third-order valence-corrected chi connectivity index (χ3v) is 2.64. The summed E-state index contributed by atoms with van der Waals surface area (Å²) in [5.74, 6) is -0.609. The number of aryl methyl sites for hydroxylation is 1. The molecule has 1 aromatic carbocycles. The van der Waals surface area contributed by atoms with Crippen LogP contribution in [0.4, 0.5) is 5.69 Å². The molecule has 19 heavy (non-hydrogen) atoms. The first kappa shape index (κ1) is 12.6. The minimum Gasteiger partial charge on any atom is -0.464 e. The topological polar surface area (TPSA) is 93.9 Å². The van der Waals surface area contributed by atoms with Gasteiger partial charge in [0.15, 0.2) is 5.69 Å². The number of hydrogen-bond donors (Lipinski definition) is 1. The van der Waals surface area contributed by atoms with Gasteiger partial charge in [-0.1, -0.05) is 6.07 Å². The summed E-state index contributed by atoms with van der Waals surface area (Å²) in [6, 6.07) is 7.40. The SMILES string of the molecule is COC(=O)c1nn(-c2cc(C)ccc2C#N)cc1N. The molecule has 0 bridgehead atoms. The van der Waals surface area contributed by atoms with Crippen molar-refractivity contribution in [3.63, 3.8) is 0 Å². The number of rotatable bonds is 2. The minimum absolute atomic E-state index is 0.0351. The smallest absolute Gasteiger partial charge is 0.360 e. The van der Waals surface area contributed by atoms with Crippen LogP contribution in [0.3, 0.4) is 0 Å². The molecule has 1 heterocycles. The number of nitrogens with two attached hydrogens (primary N) is 1. The van der Waals surface area contributed by atoms with Gasteiger partial charge in [-0.3, -0.25) is 0 Å². The summed E-state index contributed by atoms with van der Waals surface area (Å²) >= 11 is 0. The van der Waals surface area contributed by atoms with Gasteiger partial charge in [-0.15, -0.1) is 0 Å². The van der Waals surface area contributed by atoms with Crippen molar-refractivity contribution in [3.05, 3.63) is 41.2 Å². The fraction of sp³-hybridized carbons (Fsp3) is 0.154. The summed E-state index contributed by atoms with van der Waals surface area (Å²) in [4.78, 5) is 11.5. The summed E-state index contributed by atoms with van der Waals surface area (Å²) in [5, 5.41) is 13.2. The molecule has 0 saturated heterocycles. The number of ether oxygens (including phenoxy) is 1. The summed E-state index contributed by atoms with van der Waals surface area (Å²) in [6.07, 6.45) is 1.49. The normalized spacial score (nSPS) is 9.95. The number of nitriles is 1. The summed E-state index contributed by atoms with van der Waals surface area (Å²) in [5.41, 5.74) is 7.96. The molecule has 0 amide bonds. The number of esters is 1. The molecule has 6 heteroatoms. The second-order valence-electron chi connectivity index (χ2n) is 4.00. The van der Waals surface area contributed by atoms with Gasteiger partial charge in [0.05, 0.1) is 30.2 Å². The highest BCUT2D eigenvalue weighted by atomic mass is 16.5. The van der Waals surface area contributed by atoms with E-state index in [1.54, 1.807) is 12.1 Å². The summed E-state index contributed by atoms with van der Waals surface area (Å²) in [7, 11) is 1.26. The fourth-order valence-electron chi connectivity index (χ4n) is 1.69. The van der Waals surface area contributed by atoms with E-state index in [9.17, 15) is 4.79 Å². The van der Waals surface area contributed by atoms with Crippen molar-refractivity contribution in [1.29, 1.82) is 5.26 Å². The van der Waals surface area contributed by atoms with E-state index in [1.807, 2.05) is 13.0 Å². The quantitative estimate of drug-likeness (QED) is 0.820. The average Bonchev–Trinajstić information content (AvgIpc) is 2.79. The van der Waals surface area contributed by atoms with Gasteiger partial charge in [0.2, 0.25) is 0 Å². The van der Waals surface area contributed by atoms with Crippen molar-refractivity contribution in [2.45, 2.75) is 6.92 Å². The molecule has 2 N–H and O–H groups in total. The standard InChI is InChI=1S/C13H12N4O2/c1-8-3-4-9(6-14)11(5-8)17-7-10(15)12(16-17)13(18)19-2/h3-5,7H,15H2,1-2H3. The molecule has 0 fully saturated rings. The highest BCUT2D eigenvalue weighted by Crippen LogP contribution is 2.19. The summed E-state index contributed by atoms with van der Waals surface area (Å²) in [6.45, 7) is 1.90. The highest BCUT2D eigenvalue weighted by Gasteiger charge is 2.17. The molecule has 0 aliphatic rings. The first-order valence-corrected chi connectivity index (χ1v) is 5.51. The van der Waals surface area contributed by atoms with Crippen LogP contribution in [0.2, 0.25) is 0 Å². The van der Waals surface area contributed by atoms with Crippen LogP contribution in [0.25, 0.3) is 5.69 Å². The molecule has 0 aliphatic heterocycles. The number of nitrogens with zero attached hydrogens (tertiary/aromatic N) is 3. The predicted octanol–water partition coefficient (Wildman–Crippen LogP) is 1.42. The molecule has 2 rings (SSSR count). The first-order valence-electron chi connectivity index (χ1n) is 5.51. The van der Waals surface area contributed by atoms with Crippen LogP contribution in [-0.2, 0) is 4.74 Å². The Labute approximate surface area is 110 Å². The number of carbonyl (C=O) groups excluding carboxylic acids is 1. The van der Waals surface area contributed by atoms with E-state index in [-0.39, 0.29) is 11.4 Å². The Kier molecular flexibility index (Phi) is 3.21. The van der Waals surface area contributed by atoms with E-state index in [4.69, 9.17) is 11.0 Å². The minimum atomic E-state index is -0.609. The molecule has 0 atom stereocenters. The van der Waals surface area contributed by atoms with E-state index < -0.39 is 5.97 Å². The van der Waals surface area contributed by atoms with E-state index in [0.29, 0.717) is 11.3 Å². The Morgan fingerprint density at radius 1 is 1.53 bits per heavy atom. The molecule has 6 nitrogen and oxygen atoms in total. The second-order valence-corrected chi connectivity index (χ2v) is 4.00. The number of nitrogen functional groups attached to an aromatic ring is 1. The van der Waals surface area contributed by atoms with Crippen molar-refractivity contribution in [3.8, 4) is 11.8 Å². The predicted molar refractivity (Wildman–Crippen MR) is 68.8 cm³/mol. The zero-order chi connectivity index (χ0) is 14.0. The van der Waals surface area contributed by atoms with Crippen molar-refractivity contribution in [2.75, 3.05) is 12.8 Å². The Morgan fingerprint density at radius 3 is 2.89 bits per heavy atom. The van der Waals surface area contributed by atoms with Crippen LogP contribution in [0.1, 0.15) is 21.6 Å². The number of benzene rings is 1. The van der Waals surface area contributed by atoms with Crippen molar-refractivity contribution in [2.24, 2.45) is 0 Å². The van der Waals surface area contributed by atoms with E-state index in [1.165, 1.54) is 18.0 Å². The lowest BCUT2D eigenvalue weighted by Gasteiger charge is -2.04. The van der Waals surface area contributed by atoms with Crippen LogP contribution < -0.4 is 5.73 Å². The van der Waals surface area contributed by atoms with Crippen LogP contribution in [-0.4, -0.2) is 22.9 Å². The van der Waals surface area contributed by atoms with Crippen LogP contribution in [0, 0.1) is 18.3 Å². The third-order valence-electron chi connectivity index (χ3n) is 2.64. The Morgan fingerprint density at radius 2 is 2.26 bits per heavy atom. The van der Waals surface area contributed by atoms with Crippen LogP contribution >= 0.6 is 0 Å². The fourth-order valence-corrected chi connectivity index (χ4v) is 1.69. The van der Waals surface area contributed by atoms with Gasteiger partial charge in [0.25, 0.3) is 0 Å². The van der Waals surface area contributed by atoms with Gasteiger partial charge in [-0.2, -0.15) is 10.4 Å². The number of methoxy groups -OCH3 is 1. The van der Waals surface area contributed by atoms with E-state index >= 15 is 0 Å². The second kappa shape index (κ2) is 4.82. The van der Waals surface area contributed by atoms with Crippen LogP contribution in [0.5, 0.6) is 0 Å². The monoisotopic (exact) mass is 256 g/mol. The zero-order valence-corrected chi connectivity index (χ0v) is 10.5. The average molecular weight is 256 g/mol. The molecule has 0 radical (unpaired) electrons. The van der Waals surface area contributed by atoms with Gasteiger partial charge >= 0.3 is 5.97 Å². The van der Waals surface area contributed by atoms with Gasteiger partial charge in [-0.05, 0) is 24.6 Å². The number of hydrogen-bond acceptors (Lipinski definition) is 5. The lowest BCUT2D eigenvalue weighted by molar-refractivity contribution is 0.0594.